The fourth-order valence-corrected chi connectivity index (χ4v) is 4.24. The van der Waals surface area contributed by atoms with Crippen LogP contribution in [0.25, 0.3) is 0 Å². The molecule has 0 aliphatic carbocycles. The van der Waals surface area contributed by atoms with Crippen molar-refractivity contribution in [3.8, 4) is 5.75 Å². The molecule has 0 bridgehead atoms. The van der Waals surface area contributed by atoms with Crippen LogP contribution in [0.3, 0.4) is 0 Å². The molecule has 1 unspecified atom stereocenters. The first-order valence-electron chi connectivity index (χ1n) is 11.8. The van der Waals surface area contributed by atoms with Gasteiger partial charge in [0.05, 0.1) is 11.6 Å². The molecule has 1 heterocycles. The average molecular weight is 458 g/mol. The summed E-state index contributed by atoms with van der Waals surface area (Å²) in [5, 5.41) is 6.19. The molecule has 6 nitrogen and oxygen atoms in total. The number of benzene rings is 3. The minimum Gasteiger partial charge on any atom is -0.484 e. The van der Waals surface area contributed by atoms with E-state index >= 15 is 0 Å². The van der Waals surface area contributed by atoms with Gasteiger partial charge in [-0.2, -0.15) is 0 Å². The molecule has 1 atom stereocenters. The number of ether oxygens (including phenoxy) is 1. The Labute approximate surface area is 200 Å². The van der Waals surface area contributed by atoms with Crippen molar-refractivity contribution in [2.45, 2.75) is 31.8 Å². The monoisotopic (exact) mass is 457 g/mol. The van der Waals surface area contributed by atoms with Crippen LogP contribution in [0.2, 0.25) is 0 Å². The highest BCUT2D eigenvalue weighted by atomic mass is 16.5. The normalized spacial score (nSPS) is 14.8. The highest BCUT2D eigenvalue weighted by Crippen LogP contribution is 2.25. The van der Waals surface area contributed by atoms with Crippen molar-refractivity contribution < 1.29 is 14.3 Å². The lowest BCUT2D eigenvalue weighted by atomic mass is 10.0. The maximum absolute atomic E-state index is 13.1. The topological polar surface area (TPSA) is 70.7 Å². The van der Waals surface area contributed by atoms with Crippen LogP contribution < -0.4 is 20.3 Å². The van der Waals surface area contributed by atoms with Crippen molar-refractivity contribution in [2.75, 3.05) is 24.6 Å². The Kier molecular flexibility index (Phi) is 7.81. The van der Waals surface area contributed by atoms with Gasteiger partial charge in [-0.3, -0.25) is 9.59 Å². The number of para-hydroxylation sites is 2. The van der Waals surface area contributed by atoms with Gasteiger partial charge >= 0.3 is 0 Å². The second-order valence-electron chi connectivity index (χ2n) is 8.55. The Morgan fingerprint density at radius 1 is 0.912 bits per heavy atom. The molecule has 3 aromatic carbocycles. The molecule has 0 spiro atoms. The Morgan fingerprint density at radius 2 is 1.53 bits per heavy atom. The van der Waals surface area contributed by atoms with Crippen LogP contribution in [-0.4, -0.2) is 37.6 Å². The molecule has 1 saturated heterocycles. The van der Waals surface area contributed by atoms with Crippen molar-refractivity contribution in [1.29, 1.82) is 0 Å². The van der Waals surface area contributed by atoms with Crippen LogP contribution in [0.15, 0.2) is 84.9 Å². The molecule has 2 amide bonds. The van der Waals surface area contributed by atoms with Gasteiger partial charge in [0, 0.05) is 24.8 Å². The van der Waals surface area contributed by atoms with Crippen LogP contribution in [0.4, 0.5) is 5.69 Å². The summed E-state index contributed by atoms with van der Waals surface area (Å²) in [4.78, 5) is 27.6. The molecule has 176 valence electrons. The van der Waals surface area contributed by atoms with E-state index in [0.29, 0.717) is 11.3 Å². The average Bonchev–Trinajstić information content (AvgIpc) is 2.89. The number of amides is 2. The molecule has 1 fully saturated rings. The molecule has 3 aromatic rings. The number of hydrogen-bond donors (Lipinski definition) is 2. The Bertz CT molecular complexity index is 1080. The van der Waals surface area contributed by atoms with Gasteiger partial charge < -0.3 is 20.3 Å². The molecule has 0 aromatic heterocycles. The smallest absolute Gasteiger partial charge is 0.258 e. The van der Waals surface area contributed by atoms with Gasteiger partial charge in [0.1, 0.15) is 5.75 Å². The summed E-state index contributed by atoms with van der Waals surface area (Å²) in [5.41, 5.74) is 2.67. The lowest BCUT2D eigenvalue weighted by Crippen LogP contribution is -2.46. The lowest BCUT2D eigenvalue weighted by molar-refractivity contribution is -0.123. The quantitative estimate of drug-likeness (QED) is 0.528. The number of hydrogen-bond acceptors (Lipinski definition) is 4. The van der Waals surface area contributed by atoms with Crippen molar-refractivity contribution in [1.82, 2.24) is 10.6 Å². The summed E-state index contributed by atoms with van der Waals surface area (Å²) >= 11 is 0. The van der Waals surface area contributed by atoms with Gasteiger partial charge in [0.2, 0.25) is 0 Å². The molecule has 1 aliphatic heterocycles. The van der Waals surface area contributed by atoms with Gasteiger partial charge in [-0.05, 0) is 49.6 Å². The fraction of sp³-hybridized carbons (Fsp3) is 0.286. The van der Waals surface area contributed by atoms with E-state index in [1.165, 1.54) is 0 Å². The van der Waals surface area contributed by atoms with Crippen LogP contribution in [0.1, 0.15) is 41.7 Å². The third kappa shape index (κ3) is 6.16. The summed E-state index contributed by atoms with van der Waals surface area (Å²) < 4.78 is 5.54. The van der Waals surface area contributed by atoms with Gasteiger partial charge in [-0.1, -0.05) is 60.7 Å². The third-order valence-corrected chi connectivity index (χ3v) is 6.11. The minimum absolute atomic E-state index is 0.00678. The van der Waals surface area contributed by atoms with Crippen molar-refractivity contribution >= 4 is 17.5 Å². The number of nitrogens with zero attached hydrogens (tertiary/aromatic N) is 1. The van der Waals surface area contributed by atoms with Crippen molar-refractivity contribution in [2.24, 2.45) is 0 Å². The Hall–Kier alpha value is -3.80. The van der Waals surface area contributed by atoms with Gasteiger partial charge in [-0.25, -0.2) is 0 Å². The molecular formula is C28H31N3O3. The standard InChI is InChI=1S/C28H31N3O3/c1-21(22-10-4-2-5-11-22)29-28(33)25-14-8-9-15-26(25)31-18-16-23(17-19-31)30-27(32)20-34-24-12-6-3-7-13-24/h2-15,21,23H,16-20H2,1H3,(H,29,33)(H,30,32). The zero-order valence-electron chi connectivity index (χ0n) is 19.4. The lowest BCUT2D eigenvalue weighted by Gasteiger charge is -2.35. The molecule has 34 heavy (non-hydrogen) atoms. The van der Waals surface area contributed by atoms with Crippen molar-refractivity contribution in [3.63, 3.8) is 0 Å². The van der Waals surface area contributed by atoms with E-state index in [2.05, 4.69) is 15.5 Å². The highest BCUT2D eigenvalue weighted by Gasteiger charge is 2.24. The SMILES string of the molecule is CC(NC(=O)c1ccccc1N1CCC(NC(=O)COc2ccccc2)CC1)c1ccccc1. The predicted molar refractivity (Wildman–Crippen MR) is 134 cm³/mol. The van der Waals surface area contributed by atoms with E-state index in [0.717, 1.165) is 37.2 Å². The van der Waals surface area contributed by atoms with Gasteiger partial charge in [-0.15, -0.1) is 0 Å². The summed E-state index contributed by atoms with van der Waals surface area (Å²) in [6.45, 7) is 3.53. The maximum atomic E-state index is 13.1. The molecular weight excluding hydrogens is 426 g/mol. The van der Waals surface area contributed by atoms with Gasteiger partial charge in [0.25, 0.3) is 11.8 Å². The predicted octanol–water partition coefficient (Wildman–Crippen LogP) is 4.34. The van der Waals surface area contributed by atoms with Gasteiger partial charge in [0.15, 0.2) is 6.61 Å². The zero-order valence-corrected chi connectivity index (χ0v) is 19.4. The summed E-state index contributed by atoms with van der Waals surface area (Å²) in [6.07, 6.45) is 1.63. The number of anilines is 1. The van der Waals surface area contributed by atoms with E-state index in [-0.39, 0.29) is 30.5 Å². The maximum Gasteiger partial charge on any atom is 0.258 e. The zero-order chi connectivity index (χ0) is 23.8. The summed E-state index contributed by atoms with van der Waals surface area (Å²) in [5.74, 6) is 0.487. The number of carbonyl (C=O) groups is 2. The third-order valence-electron chi connectivity index (χ3n) is 6.11. The Morgan fingerprint density at radius 3 is 2.24 bits per heavy atom. The number of carbonyl (C=O) groups excluding carboxylic acids is 2. The van der Waals surface area contributed by atoms with Crippen molar-refractivity contribution in [3.05, 3.63) is 96.1 Å². The number of piperidine rings is 1. The first-order valence-corrected chi connectivity index (χ1v) is 11.8. The van der Waals surface area contributed by atoms with E-state index < -0.39 is 0 Å². The largest absolute Gasteiger partial charge is 0.484 e. The van der Waals surface area contributed by atoms with E-state index in [1.54, 1.807) is 0 Å². The molecule has 1 aliphatic rings. The Balaban J connectivity index is 1.30. The second-order valence-corrected chi connectivity index (χ2v) is 8.55. The molecule has 0 saturated carbocycles. The fourth-order valence-electron chi connectivity index (χ4n) is 4.24. The van der Waals surface area contributed by atoms with E-state index in [1.807, 2.05) is 91.9 Å². The first-order chi connectivity index (χ1) is 16.6. The van der Waals surface area contributed by atoms with Crippen LogP contribution >= 0.6 is 0 Å². The minimum atomic E-state index is -0.114. The van der Waals surface area contributed by atoms with Crippen LogP contribution in [-0.2, 0) is 4.79 Å². The molecule has 2 N–H and O–H groups in total. The van der Waals surface area contributed by atoms with Crippen LogP contribution in [0.5, 0.6) is 5.75 Å². The second kappa shape index (κ2) is 11.4. The van der Waals surface area contributed by atoms with Crippen LogP contribution in [0, 0.1) is 0 Å². The first kappa shape index (κ1) is 23.4. The number of rotatable bonds is 8. The molecule has 0 radical (unpaired) electrons. The summed E-state index contributed by atoms with van der Waals surface area (Å²) in [7, 11) is 0. The van der Waals surface area contributed by atoms with E-state index in [9.17, 15) is 9.59 Å². The van der Waals surface area contributed by atoms with E-state index in [4.69, 9.17) is 4.74 Å². The summed E-state index contributed by atoms with van der Waals surface area (Å²) in [6, 6.07) is 27.0. The highest BCUT2D eigenvalue weighted by molar-refractivity contribution is 6.00. The number of nitrogens with one attached hydrogen (secondary N) is 2. The molecule has 6 heteroatoms. The molecule has 4 rings (SSSR count).